The van der Waals surface area contributed by atoms with E-state index in [-0.39, 0.29) is 17.7 Å². The van der Waals surface area contributed by atoms with Crippen molar-refractivity contribution >= 4 is 16.0 Å². The lowest BCUT2D eigenvalue weighted by Crippen LogP contribution is -2.78. The molecule has 2 bridgehead atoms. The Morgan fingerprint density at radius 1 is 1.24 bits per heavy atom. The molecule has 220 valence electrons. The number of hydrogen-bond acceptors (Lipinski definition) is 7. The van der Waals surface area contributed by atoms with Crippen molar-refractivity contribution < 1.29 is 27.8 Å². The number of sulfonamides is 1. The Morgan fingerprint density at radius 2 is 2.00 bits per heavy atom. The van der Waals surface area contributed by atoms with Gasteiger partial charge in [0.2, 0.25) is 10.0 Å². The van der Waals surface area contributed by atoms with Gasteiger partial charge in [-0.25, -0.2) is 8.42 Å². The van der Waals surface area contributed by atoms with Gasteiger partial charge in [0.1, 0.15) is 6.10 Å². The van der Waals surface area contributed by atoms with Gasteiger partial charge in [0.15, 0.2) is 11.5 Å². The van der Waals surface area contributed by atoms with E-state index in [1.807, 2.05) is 56.3 Å². The summed E-state index contributed by atoms with van der Waals surface area (Å²) < 4.78 is 42.4. The van der Waals surface area contributed by atoms with E-state index in [1.54, 1.807) is 10.4 Å². The largest absolute Gasteiger partial charge is 0.483 e. The summed E-state index contributed by atoms with van der Waals surface area (Å²) in [6.07, 6.45) is 3.41. The van der Waals surface area contributed by atoms with Crippen LogP contribution in [0.1, 0.15) is 56.7 Å². The van der Waals surface area contributed by atoms with Gasteiger partial charge in [0.05, 0.1) is 22.8 Å². The van der Waals surface area contributed by atoms with Crippen LogP contribution in [0.5, 0.6) is 11.5 Å². The Bertz CT molecular complexity index is 1460. The molecule has 2 fully saturated rings. The van der Waals surface area contributed by atoms with Crippen molar-refractivity contribution in [3.05, 3.63) is 71.8 Å². The van der Waals surface area contributed by atoms with Gasteiger partial charge in [-0.1, -0.05) is 56.3 Å². The Balaban J connectivity index is 1.49. The molecule has 8 nitrogen and oxygen atoms in total. The molecule has 1 saturated heterocycles. The number of ether oxygens (including phenoxy) is 2. The standard InChI is InChI=1S/C32H40N2O6S/c1-5-16-33-17-15-31-28-24-11-12-26(39-22(4)35)29(28)40-30(31)25(13-14-32(31,36)27(33)18-24)34(19-21(2)3)41(37,38)20-23-9-7-6-8-10-23/h5-12,21,25,27,30,36H,1,13-20H2,2-4H3/t25-,27+,30-,31-,32+/m0/s1. The van der Waals surface area contributed by atoms with E-state index in [0.717, 1.165) is 23.2 Å². The number of benzene rings is 2. The quantitative estimate of drug-likeness (QED) is 0.274. The van der Waals surface area contributed by atoms with E-state index in [0.29, 0.717) is 50.3 Å². The van der Waals surface area contributed by atoms with Gasteiger partial charge >= 0.3 is 5.97 Å². The van der Waals surface area contributed by atoms with E-state index in [9.17, 15) is 18.3 Å². The third kappa shape index (κ3) is 4.35. The van der Waals surface area contributed by atoms with Gasteiger partial charge in [0, 0.05) is 31.6 Å². The van der Waals surface area contributed by atoms with Crippen molar-refractivity contribution in [2.75, 3.05) is 19.6 Å². The highest BCUT2D eigenvalue weighted by molar-refractivity contribution is 7.88. The molecule has 5 atom stereocenters. The molecule has 0 aromatic heterocycles. The number of hydrogen-bond donors (Lipinski definition) is 1. The molecule has 2 aliphatic heterocycles. The second-order valence-corrected chi connectivity index (χ2v) is 14.4. The maximum atomic E-state index is 14.2. The Morgan fingerprint density at radius 3 is 2.68 bits per heavy atom. The third-order valence-electron chi connectivity index (χ3n) is 9.61. The number of aliphatic hydroxyl groups is 1. The molecule has 0 radical (unpaired) electrons. The summed E-state index contributed by atoms with van der Waals surface area (Å²) in [5.74, 6) is 0.339. The summed E-state index contributed by atoms with van der Waals surface area (Å²) in [6, 6.07) is 12.4. The second kappa shape index (κ2) is 10.2. The fraction of sp³-hybridized carbons (Fsp3) is 0.531. The van der Waals surface area contributed by atoms with Crippen LogP contribution in [-0.4, -0.2) is 72.1 Å². The van der Waals surface area contributed by atoms with E-state index in [2.05, 4.69) is 11.5 Å². The molecular formula is C32H40N2O6S. The van der Waals surface area contributed by atoms with Crippen molar-refractivity contribution in [2.24, 2.45) is 5.92 Å². The van der Waals surface area contributed by atoms with Crippen molar-refractivity contribution in [1.29, 1.82) is 0 Å². The first-order chi connectivity index (χ1) is 19.5. The first kappa shape index (κ1) is 28.4. The fourth-order valence-corrected chi connectivity index (χ4v) is 10.1. The van der Waals surface area contributed by atoms with Crippen LogP contribution in [0.15, 0.2) is 55.1 Å². The van der Waals surface area contributed by atoms with Crippen molar-refractivity contribution in [3.63, 3.8) is 0 Å². The first-order valence-corrected chi connectivity index (χ1v) is 16.2. The van der Waals surface area contributed by atoms with Gasteiger partial charge in [0.25, 0.3) is 0 Å². The maximum Gasteiger partial charge on any atom is 0.308 e. The molecular weight excluding hydrogens is 540 g/mol. The normalized spacial score (nSPS) is 30.1. The zero-order valence-electron chi connectivity index (χ0n) is 24.1. The van der Waals surface area contributed by atoms with Gasteiger partial charge in [-0.15, -0.1) is 6.58 Å². The minimum atomic E-state index is -3.74. The average molecular weight is 581 g/mol. The molecule has 2 heterocycles. The van der Waals surface area contributed by atoms with Gasteiger partial charge in [-0.3, -0.25) is 9.69 Å². The van der Waals surface area contributed by atoms with Crippen molar-refractivity contribution in [3.8, 4) is 11.5 Å². The zero-order chi connectivity index (χ0) is 29.2. The maximum absolute atomic E-state index is 14.2. The number of nitrogens with zero attached hydrogens (tertiary/aromatic N) is 2. The highest BCUT2D eigenvalue weighted by atomic mass is 32.2. The number of rotatable bonds is 9. The average Bonchev–Trinajstić information content (AvgIpc) is 3.26. The number of carbonyl (C=O) groups excluding carboxylic acids is 1. The molecule has 0 amide bonds. The molecule has 1 spiro atoms. The molecule has 2 aromatic rings. The molecule has 2 aliphatic carbocycles. The van der Waals surface area contributed by atoms with Crippen LogP contribution < -0.4 is 9.47 Å². The molecule has 4 aliphatic rings. The van der Waals surface area contributed by atoms with Crippen LogP contribution in [-0.2, 0) is 32.4 Å². The van der Waals surface area contributed by atoms with Crippen LogP contribution in [0.25, 0.3) is 0 Å². The van der Waals surface area contributed by atoms with Crippen LogP contribution in [0.2, 0.25) is 0 Å². The van der Waals surface area contributed by atoms with Crippen LogP contribution in [0.3, 0.4) is 0 Å². The second-order valence-electron chi connectivity index (χ2n) is 12.5. The summed E-state index contributed by atoms with van der Waals surface area (Å²) in [6.45, 7) is 11.1. The molecule has 1 N–H and O–H groups in total. The first-order valence-electron chi connectivity index (χ1n) is 14.6. The predicted octanol–water partition coefficient (Wildman–Crippen LogP) is 3.81. The molecule has 41 heavy (non-hydrogen) atoms. The SMILES string of the molecule is C=CCN1CC[C@]23c4c5ccc(OC(C)=O)c4O[C@H]2[C@@H](N(CC(C)C)S(=O)(=O)Cc2ccccc2)CC[C@@]3(O)[C@H]1C5. The molecule has 9 heteroatoms. The zero-order valence-corrected chi connectivity index (χ0v) is 24.9. The fourth-order valence-electron chi connectivity index (χ4n) is 8.19. The topological polar surface area (TPSA) is 96.4 Å². The predicted molar refractivity (Wildman–Crippen MR) is 156 cm³/mol. The van der Waals surface area contributed by atoms with E-state index in [4.69, 9.17) is 9.47 Å². The lowest BCUT2D eigenvalue weighted by molar-refractivity contribution is -0.194. The van der Waals surface area contributed by atoms with Crippen LogP contribution in [0.4, 0.5) is 0 Å². The lowest BCUT2D eigenvalue weighted by Gasteiger charge is -2.64. The molecule has 2 aromatic carbocycles. The van der Waals surface area contributed by atoms with Gasteiger partial charge < -0.3 is 14.6 Å². The van der Waals surface area contributed by atoms with Crippen molar-refractivity contribution in [2.45, 2.75) is 81.4 Å². The summed E-state index contributed by atoms with van der Waals surface area (Å²) in [5.41, 5.74) is 0.736. The summed E-state index contributed by atoms with van der Waals surface area (Å²) >= 11 is 0. The van der Waals surface area contributed by atoms with Gasteiger partial charge in [-0.05, 0) is 55.3 Å². The Hall–Kier alpha value is -2.72. The minimum Gasteiger partial charge on any atom is -0.483 e. The molecule has 0 unspecified atom stereocenters. The Labute approximate surface area is 243 Å². The summed E-state index contributed by atoms with van der Waals surface area (Å²) in [4.78, 5) is 14.3. The van der Waals surface area contributed by atoms with E-state index >= 15 is 0 Å². The number of likely N-dealkylation sites (tertiary alicyclic amines) is 1. The molecule has 1 saturated carbocycles. The van der Waals surface area contributed by atoms with E-state index in [1.165, 1.54) is 6.92 Å². The smallest absolute Gasteiger partial charge is 0.308 e. The lowest BCUT2D eigenvalue weighted by atomic mass is 9.48. The van der Waals surface area contributed by atoms with Gasteiger partial charge in [-0.2, -0.15) is 4.31 Å². The van der Waals surface area contributed by atoms with Crippen LogP contribution in [0, 0.1) is 5.92 Å². The number of esters is 1. The molecule has 6 rings (SSSR count). The monoisotopic (exact) mass is 580 g/mol. The third-order valence-corrected chi connectivity index (χ3v) is 11.4. The number of carbonyl (C=O) groups is 1. The van der Waals surface area contributed by atoms with E-state index < -0.39 is 39.2 Å². The Kier molecular flexibility index (Phi) is 7.08. The summed E-state index contributed by atoms with van der Waals surface area (Å²) in [5, 5.41) is 12.8. The van der Waals surface area contributed by atoms with Crippen molar-refractivity contribution in [1.82, 2.24) is 9.21 Å². The minimum absolute atomic E-state index is 0.0864. The highest BCUT2D eigenvalue weighted by Gasteiger charge is 2.73. The van der Waals surface area contributed by atoms with Crippen LogP contribution >= 0.6 is 0 Å². The summed E-state index contributed by atoms with van der Waals surface area (Å²) in [7, 11) is -3.74. The number of piperidine rings is 1. The highest BCUT2D eigenvalue weighted by Crippen LogP contribution is 2.66.